The minimum atomic E-state index is -0.410. The first-order valence-electron chi connectivity index (χ1n) is 10.2. The number of nitrogens with one attached hydrogen (secondary N) is 2. The van der Waals surface area contributed by atoms with Crippen LogP contribution in [0.4, 0.5) is 5.69 Å². The molecule has 7 heteroatoms. The van der Waals surface area contributed by atoms with Gasteiger partial charge in [-0.1, -0.05) is 31.4 Å². The Labute approximate surface area is 174 Å². The molecule has 1 saturated carbocycles. The molecule has 0 spiro atoms. The van der Waals surface area contributed by atoms with Gasteiger partial charge in [0.05, 0.1) is 6.42 Å². The van der Waals surface area contributed by atoms with Crippen molar-refractivity contribution in [3.63, 3.8) is 0 Å². The molecule has 1 amide bonds. The maximum absolute atomic E-state index is 12.5. The highest BCUT2D eigenvalue weighted by Crippen LogP contribution is 2.31. The molecule has 1 atom stereocenters. The Kier molecular flexibility index (Phi) is 6.46. The van der Waals surface area contributed by atoms with E-state index in [-0.39, 0.29) is 18.5 Å². The second-order valence-electron chi connectivity index (χ2n) is 7.57. The first-order chi connectivity index (χ1) is 14.2. The van der Waals surface area contributed by atoms with Gasteiger partial charge < -0.3 is 20.1 Å². The summed E-state index contributed by atoms with van der Waals surface area (Å²) in [5.74, 6) is 0.306. The van der Waals surface area contributed by atoms with Crippen LogP contribution in [0.15, 0.2) is 35.7 Å². The van der Waals surface area contributed by atoms with Crippen molar-refractivity contribution in [2.45, 2.75) is 50.7 Å². The molecular formula is C22H26N2O4S. The van der Waals surface area contributed by atoms with E-state index in [9.17, 15) is 9.59 Å². The highest BCUT2D eigenvalue weighted by molar-refractivity contribution is 7.11. The average Bonchev–Trinajstić information content (AvgIpc) is 3.40. The summed E-state index contributed by atoms with van der Waals surface area (Å²) in [4.78, 5) is 24.7. The lowest BCUT2D eigenvalue weighted by Crippen LogP contribution is -2.41. The second-order valence-corrected chi connectivity index (χ2v) is 8.51. The van der Waals surface area contributed by atoms with Gasteiger partial charge in [-0.2, -0.15) is 0 Å². The van der Waals surface area contributed by atoms with E-state index in [0.29, 0.717) is 29.6 Å². The molecule has 1 fully saturated rings. The molecule has 1 aliphatic carbocycles. The Hall–Kier alpha value is -2.38. The van der Waals surface area contributed by atoms with Crippen LogP contribution in [0, 0.1) is 0 Å². The zero-order valence-corrected chi connectivity index (χ0v) is 17.1. The number of amides is 1. The molecule has 2 aliphatic rings. The van der Waals surface area contributed by atoms with Crippen LogP contribution in [0.3, 0.4) is 0 Å². The van der Waals surface area contributed by atoms with Crippen molar-refractivity contribution in [1.29, 1.82) is 0 Å². The van der Waals surface area contributed by atoms with Gasteiger partial charge in [-0.15, -0.1) is 11.3 Å². The molecule has 2 N–H and O–H groups in total. The van der Waals surface area contributed by atoms with E-state index in [1.165, 1.54) is 30.6 Å². The van der Waals surface area contributed by atoms with Crippen LogP contribution >= 0.6 is 11.3 Å². The number of rotatable bonds is 8. The van der Waals surface area contributed by atoms with Gasteiger partial charge in [0.25, 0.3) is 0 Å². The van der Waals surface area contributed by atoms with Crippen LogP contribution in [0.25, 0.3) is 0 Å². The summed E-state index contributed by atoms with van der Waals surface area (Å²) in [5, 5.41) is 8.24. The van der Waals surface area contributed by atoms with Crippen LogP contribution in [-0.4, -0.2) is 37.2 Å². The van der Waals surface area contributed by atoms with E-state index < -0.39 is 6.10 Å². The van der Waals surface area contributed by atoms with Crippen molar-refractivity contribution in [2.75, 3.05) is 18.5 Å². The summed E-state index contributed by atoms with van der Waals surface area (Å²) in [7, 11) is 0. The first kappa shape index (κ1) is 19.9. The maximum atomic E-state index is 12.5. The van der Waals surface area contributed by atoms with Crippen molar-refractivity contribution in [3.05, 3.63) is 46.2 Å². The summed E-state index contributed by atoms with van der Waals surface area (Å²) in [6.07, 6.45) is 6.00. The number of esters is 1. The number of carbonyl (C=O) groups excluding carboxylic acids is 2. The van der Waals surface area contributed by atoms with E-state index in [4.69, 9.17) is 9.47 Å². The second kappa shape index (κ2) is 9.41. The summed E-state index contributed by atoms with van der Waals surface area (Å²) < 4.78 is 11.8. The summed E-state index contributed by atoms with van der Waals surface area (Å²) in [5.41, 5.74) is 1.65. The van der Waals surface area contributed by atoms with Gasteiger partial charge in [-0.05, 0) is 36.4 Å². The molecule has 1 aliphatic heterocycles. The van der Waals surface area contributed by atoms with Crippen LogP contribution in [0.1, 0.15) is 47.3 Å². The zero-order valence-electron chi connectivity index (χ0n) is 16.3. The largest absolute Gasteiger partial charge is 0.489 e. The number of benzene rings is 1. The molecular weight excluding hydrogens is 388 g/mol. The highest BCUT2D eigenvalue weighted by atomic mass is 32.1. The molecule has 0 bridgehead atoms. The number of anilines is 1. The lowest BCUT2D eigenvalue weighted by atomic mass is 9.95. The Morgan fingerprint density at radius 2 is 2.07 bits per heavy atom. The van der Waals surface area contributed by atoms with Gasteiger partial charge in [-0.25, -0.2) is 4.79 Å². The average molecular weight is 415 g/mol. The van der Waals surface area contributed by atoms with Crippen LogP contribution in [0.2, 0.25) is 0 Å². The minimum absolute atomic E-state index is 0.0318. The molecule has 2 aromatic rings. The molecule has 2 heterocycles. The normalized spacial score (nSPS) is 17.4. The molecule has 29 heavy (non-hydrogen) atoms. The molecule has 0 saturated heterocycles. The van der Waals surface area contributed by atoms with Crippen LogP contribution in [0.5, 0.6) is 5.75 Å². The van der Waals surface area contributed by atoms with E-state index in [1.807, 2.05) is 29.6 Å². The molecule has 0 radical (unpaired) electrons. The third-order valence-corrected chi connectivity index (χ3v) is 6.25. The van der Waals surface area contributed by atoms with E-state index >= 15 is 0 Å². The fourth-order valence-electron chi connectivity index (χ4n) is 3.88. The van der Waals surface area contributed by atoms with E-state index in [0.717, 1.165) is 24.1 Å². The van der Waals surface area contributed by atoms with Crippen molar-refractivity contribution < 1.29 is 19.1 Å². The SMILES string of the molecule is O=C1Cc2c(cccc2OCC(CNC2CCCCC2)OC(=O)c2cccs2)N1. The summed E-state index contributed by atoms with van der Waals surface area (Å²) >= 11 is 1.37. The van der Waals surface area contributed by atoms with Crippen LogP contribution < -0.4 is 15.4 Å². The maximum Gasteiger partial charge on any atom is 0.348 e. The number of fused-ring (bicyclic) bond motifs is 1. The molecule has 1 aromatic carbocycles. The number of hydrogen-bond donors (Lipinski definition) is 2. The van der Waals surface area contributed by atoms with E-state index in [2.05, 4.69) is 10.6 Å². The van der Waals surface area contributed by atoms with Crippen molar-refractivity contribution in [3.8, 4) is 5.75 Å². The van der Waals surface area contributed by atoms with Gasteiger partial charge in [0, 0.05) is 23.8 Å². The Balaban J connectivity index is 1.40. The molecule has 154 valence electrons. The monoisotopic (exact) mass is 414 g/mol. The smallest absolute Gasteiger partial charge is 0.348 e. The fourth-order valence-corrected chi connectivity index (χ4v) is 4.49. The van der Waals surface area contributed by atoms with Crippen molar-refractivity contribution in [1.82, 2.24) is 5.32 Å². The topological polar surface area (TPSA) is 76.7 Å². The third-order valence-electron chi connectivity index (χ3n) is 5.40. The van der Waals surface area contributed by atoms with Gasteiger partial charge in [-0.3, -0.25) is 4.79 Å². The van der Waals surface area contributed by atoms with Crippen LogP contribution in [-0.2, 0) is 16.0 Å². The fraction of sp³-hybridized carbons (Fsp3) is 0.455. The zero-order chi connectivity index (χ0) is 20.1. The third kappa shape index (κ3) is 5.16. The summed E-state index contributed by atoms with van der Waals surface area (Å²) in [6, 6.07) is 9.64. The van der Waals surface area contributed by atoms with Gasteiger partial charge in [0.1, 0.15) is 23.3 Å². The lowest BCUT2D eigenvalue weighted by molar-refractivity contribution is -0.115. The Bertz CT molecular complexity index is 847. The number of thiophene rings is 1. The highest BCUT2D eigenvalue weighted by Gasteiger charge is 2.24. The minimum Gasteiger partial charge on any atom is -0.489 e. The number of ether oxygens (including phenoxy) is 2. The number of carbonyl (C=O) groups is 2. The van der Waals surface area contributed by atoms with Crippen molar-refractivity contribution in [2.24, 2.45) is 0 Å². The molecule has 4 rings (SSSR count). The summed E-state index contributed by atoms with van der Waals surface area (Å²) in [6.45, 7) is 0.787. The predicted octanol–water partition coefficient (Wildman–Crippen LogP) is 3.77. The quantitative estimate of drug-likeness (QED) is 0.643. The lowest BCUT2D eigenvalue weighted by Gasteiger charge is -2.26. The predicted molar refractivity (Wildman–Crippen MR) is 113 cm³/mol. The van der Waals surface area contributed by atoms with Crippen molar-refractivity contribution >= 4 is 28.9 Å². The van der Waals surface area contributed by atoms with Gasteiger partial charge in [0.15, 0.2) is 0 Å². The number of hydrogen-bond acceptors (Lipinski definition) is 6. The Morgan fingerprint density at radius 3 is 2.86 bits per heavy atom. The van der Waals surface area contributed by atoms with E-state index in [1.54, 1.807) is 6.07 Å². The van der Waals surface area contributed by atoms with Gasteiger partial charge >= 0.3 is 5.97 Å². The van der Waals surface area contributed by atoms with Gasteiger partial charge in [0.2, 0.25) is 5.91 Å². The molecule has 1 unspecified atom stereocenters. The Morgan fingerprint density at radius 1 is 1.21 bits per heavy atom. The first-order valence-corrected chi connectivity index (χ1v) is 11.1. The molecule has 1 aromatic heterocycles. The standard InChI is InChI=1S/C22H26N2O4S/c25-21-12-17-18(24-21)8-4-9-19(17)27-14-16(13-23-15-6-2-1-3-7-15)28-22(26)20-10-5-11-29-20/h4-5,8-11,15-16,23H,1-3,6-7,12-14H2,(H,24,25). The molecule has 6 nitrogen and oxygen atoms in total.